The summed E-state index contributed by atoms with van der Waals surface area (Å²) in [7, 11) is 0. The first-order chi connectivity index (χ1) is 12.5. The molecule has 4 rings (SSSR count). The molecule has 5 nitrogen and oxygen atoms in total. The zero-order valence-corrected chi connectivity index (χ0v) is 16.5. The number of imidazole rings is 1. The molecule has 0 bridgehead atoms. The van der Waals surface area contributed by atoms with Gasteiger partial charge in [-0.05, 0) is 26.0 Å². The van der Waals surface area contributed by atoms with Gasteiger partial charge >= 0.3 is 0 Å². The smallest absolute Gasteiger partial charge is 0.269 e. The molecule has 26 heavy (non-hydrogen) atoms. The third-order valence-corrected chi connectivity index (χ3v) is 6.14. The summed E-state index contributed by atoms with van der Waals surface area (Å²) in [4.78, 5) is 22.5. The number of nitrogens with one attached hydrogen (secondary N) is 1. The summed E-state index contributed by atoms with van der Waals surface area (Å²) >= 11 is 9.05. The van der Waals surface area contributed by atoms with Crippen molar-refractivity contribution in [2.45, 2.75) is 19.9 Å². The number of nitrogens with zero attached hydrogens (tertiary/aromatic N) is 3. The fraction of sp³-hybridized carbons (Fsp3) is 0.167. The Kier molecular flexibility index (Phi) is 4.52. The number of aryl methyl sites for hydroxylation is 1. The van der Waals surface area contributed by atoms with Crippen LogP contribution < -0.4 is 5.32 Å². The van der Waals surface area contributed by atoms with E-state index in [4.69, 9.17) is 11.6 Å². The van der Waals surface area contributed by atoms with Crippen molar-refractivity contribution in [2.75, 3.05) is 0 Å². The Balaban J connectivity index is 1.61. The highest BCUT2D eigenvalue weighted by molar-refractivity contribution is 7.15. The first-order valence-electron chi connectivity index (χ1n) is 7.96. The van der Waals surface area contributed by atoms with Gasteiger partial charge in [-0.3, -0.25) is 9.20 Å². The van der Waals surface area contributed by atoms with Gasteiger partial charge in [0.05, 0.1) is 11.7 Å². The number of hydrogen-bond donors (Lipinski definition) is 1. The van der Waals surface area contributed by atoms with Crippen molar-refractivity contribution in [1.29, 1.82) is 0 Å². The zero-order chi connectivity index (χ0) is 18.3. The summed E-state index contributed by atoms with van der Waals surface area (Å²) in [6.45, 7) is 3.88. The number of fused-ring (bicyclic) bond motifs is 1. The summed E-state index contributed by atoms with van der Waals surface area (Å²) in [5, 5.41) is 8.36. The lowest BCUT2D eigenvalue weighted by Gasteiger charge is -2.10. The van der Waals surface area contributed by atoms with Gasteiger partial charge in [-0.2, -0.15) is 0 Å². The second-order valence-corrected chi connectivity index (χ2v) is 8.09. The van der Waals surface area contributed by atoms with Crippen LogP contribution in [0.3, 0.4) is 0 Å². The van der Waals surface area contributed by atoms with E-state index in [1.807, 2.05) is 59.5 Å². The fourth-order valence-electron chi connectivity index (χ4n) is 2.64. The molecule has 8 heteroatoms. The van der Waals surface area contributed by atoms with Crippen LogP contribution in [0.5, 0.6) is 0 Å². The SMILES string of the molecule is Cc1csc(C(C)NC(=O)c2csc3nc(-c4cccc(Cl)c4)cn23)n1. The van der Waals surface area contributed by atoms with Gasteiger partial charge in [0.2, 0.25) is 0 Å². The maximum Gasteiger partial charge on any atom is 0.269 e. The van der Waals surface area contributed by atoms with E-state index in [1.165, 1.54) is 11.3 Å². The Morgan fingerprint density at radius 2 is 2.12 bits per heavy atom. The van der Waals surface area contributed by atoms with Crippen molar-refractivity contribution < 1.29 is 4.79 Å². The van der Waals surface area contributed by atoms with Gasteiger partial charge in [-0.25, -0.2) is 9.97 Å². The quantitative estimate of drug-likeness (QED) is 0.524. The van der Waals surface area contributed by atoms with Crippen molar-refractivity contribution >= 4 is 45.1 Å². The van der Waals surface area contributed by atoms with Crippen LogP contribution in [0.25, 0.3) is 16.2 Å². The largest absolute Gasteiger partial charge is 0.342 e. The molecule has 1 N–H and O–H groups in total. The highest BCUT2D eigenvalue weighted by Crippen LogP contribution is 2.26. The lowest BCUT2D eigenvalue weighted by atomic mass is 10.2. The minimum Gasteiger partial charge on any atom is -0.342 e. The molecule has 0 spiro atoms. The molecule has 0 aliphatic carbocycles. The van der Waals surface area contributed by atoms with Crippen LogP contribution in [0.15, 0.2) is 41.2 Å². The normalized spacial score (nSPS) is 12.4. The van der Waals surface area contributed by atoms with Crippen molar-refractivity contribution in [2.24, 2.45) is 0 Å². The van der Waals surface area contributed by atoms with E-state index in [-0.39, 0.29) is 11.9 Å². The highest BCUT2D eigenvalue weighted by Gasteiger charge is 2.19. The minimum absolute atomic E-state index is 0.146. The second kappa shape index (κ2) is 6.83. The van der Waals surface area contributed by atoms with Crippen LogP contribution in [0.4, 0.5) is 0 Å². The molecule has 0 fully saturated rings. The molecule has 3 heterocycles. The number of rotatable bonds is 4. The summed E-state index contributed by atoms with van der Waals surface area (Å²) in [5.41, 5.74) is 3.24. The van der Waals surface area contributed by atoms with E-state index in [0.29, 0.717) is 10.7 Å². The molecule has 1 aromatic carbocycles. The van der Waals surface area contributed by atoms with Gasteiger partial charge in [0.1, 0.15) is 10.7 Å². The zero-order valence-electron chi connectivity index (χ0n) is 14.1. The molecule has 0 aliphatic heterocycles. The summed E-state index contributed by atoms with van der Waals surface area (Å²) in [5.74, 6) is -0.147. The molecule has 0 radical (unpaired) electrons. The van der Waals surface area contributed by atoms with Crippen LogP contribution in [0.1, 0.15) is 34.2 Å². The standard InChI is InChI=1S/C18H15ClN4OS2/c1-10-8-25-17(20-10)11(2)21-16(24)15-9-26-18-22-14(7-23(15)18)12-4-3-5-13(19)6-12/h3-9,11H,1-2H3,(H,21,24). The van der Waals surface area contributed by atoms with E-state index in [9.17, 15) is 4.79 Å². The van der Waals surface area contributed by atoms with Gasteiger partial charge in [0, 0.05) is 33.2 Å². The molecule has 0 aliphatic rings. The van der Waals surface area contributed by atoms with Gasteiger partial charge in [-0.1, -0.05) is 23.7 Å². The second-order valence-electron chi connectivity index (χ2n) is 5.93. The first kappa shape index (κ1) is 17.2. The van der Waals surface area contributed by atoms with Crippen LogP contribution in [-0.4, -0.2) is 20.3 Å². The number of carbonyl (C=O) groups excluding carboxylic acids is 1. The van der Waals surface area contributed by atoms with E-state index in [2.05, 4.69) is 15.3 Å². The predicted octanol–water partition coefficient (Wildman–Crippen LogP) is 4.97. The number of thiazole rings is 2. The number of halogens is 1. The molecule has 3 aromatic heterocycles. The fourth-order valence-corrected chi connectivity index (χ4v) is 4.48. The van der Waals surface area contributed by atoms with Crippen molar-refractivity contribution in [3.05, 3.63) is 62.6 Å². The summed E-state index contributed by atoms with van der Waals surface area (Å²) in [6, 6.07) is 7.37. The van der Waals surface area contributed by atoms with Crippen molar-refractivity contribution in [1.82, 2.24) is 19.7 Å². The number of benzene rings is 1. The maximum absolute atomic E-state index is 12.7. The summed E-state index contributed by atoms with van der Waals surface area (Å²) < 4.78 is 1.82. The molecule has 132 valence electrons. The highest BCUT2D eigenvalue weighted by atomic mass is 35.5. The molecule has 1 amide bonds. The minimum atomic E-state index is -0.147. The van der Waals surface area contributed by atoms with Crippen molar-refractivity contribution in [3.8, 4) is 11.3 Å². The number of aromatic nitrogens is 3. The molecule has 0 saturated heterocycles. The Morgan fingerprint density at radius 3 is 2.85 bits per heavy atom. The van der Waals surface area contributed by atoms with Gasteiger partial charge in [0.25, 0.3) is 5.91 Å². The van der Waals surface area contributed by atoms with Gasteiger partial charge in [0.15, 0.2) is 4.96 Å². The van der Waals surface area contributed by atoms with E-state index in [0.717, 1.165) is 26.9 Å². The van der Waals surface area contributed by atoms with Crippen molar-refractivity contribution in [3.63, 3.8) is 0 Å². The Bertz CT molecular complexity index is 1100. The molecular formula is C18H15ClN4OS2. The Labute approximate surface area is 163 Å². The average molecular weight is 403 g/mol. The third-order valence-electron chi connectivity index (χ3n) is 3.92. The Hall–Kier alpha value is -2.22. The van der Waals surface area contributed by atoms with Gasteiger partial charge < -0.3 is 5.32 Å². The van der Waals surface area contributed by atoms with Gasteiger partial charge in [-0.15, -0.1) is 22.7 Å². The summed E-state index contributed by atoms with van der Waals surface area (Å²) in [6.07, 6.45) is 1.87. The first-order valence-corrected chi connectivity index (χ1v) is 10.1. The van der Waals surface area contributed by atoms with E-state index < -0.39 is 0 Å². The average Bonchev–Trinajstić information content (AvgIpc) is 3.29. The van der Waals surface area contributed by atoms with Crippen LogP contribution >= 0.6 is 34.3 Å². The molecule has 4 aromatic rings. The van der Waals surface area contributed by atoms with Crippen LogP contribution in [-0.2, 0) is 0 Å². The molecule has 1 atom stereocenters. The topological polar surface area (TPSA) is 59.3 Å². The lowest BCUT2D eigenvalue weighted by molar-refractivity contribution is 0.0934. The predicted molar refractivity (Wildman–Crippen MR) is 106 cm³/mol. The molecular weight excluding hydrogens is 388 g/mol. The van der Waals surface area contributed by atoms with E-state index in [1.54, 1.807) is 11.3 Å². The van der Waals surface area contributed by atoms with Crippen LogP contribution in [0, 0.1) is 6.92 Å². The molecule has 1 unspecified atom stereocenters. The van der Waals surface area contributed by atoms with Crippen LogP contribution in [0.2, 0.25) is 5.02 Å². The lowest BCUT2D eigenvalue weighted by Crippen LogP contribution is -2.27. The molecule has 0 saturated carbocycles. The van der Waals surface area contributed by atoms with E-state index >= 15 is 0 Å². The third kappa shape index (κ3) is 3.25. The maximum atomic E-state index is 12.7. The monoisotopic (exact) mass is 402 g/mol. The number of amides is 1. The number of hydrogen-bond acceptors (Lipinski definition) is 5. The number of carbonyl (C=O) groups is 1. The Morgan fingerprint density at radius 1 is 1.27 bits per heavy atom.